The number of benzene rings is 2. The van der Waals surface area contributed by atoms with Gasteiger partial charge in [-0.05, 0) is 42.7 Å². The first-order valence-electron chi connectivity index (χ1n) is 9.04. The van der Waals surface area contributed by atoms with Crippen LogP contribution in [0.25, 0.3) is 0 Å². The van der Waals surface area contributed by atoms with E-state index >= 15 is 0 Å². The lowest BCUT2D eigenvalue weighted by Gasteiger charge is -2.20. The molecule has 0 spiro atoms. The molecule has 0 aromatic heterocycles. The number of nitrogens with zero attached hydrogens (tertiary/aromatic N) is 1. The second-order valence-corrected chi connectivity index (χ2v) is 6.70. The van der Waals surface area contributed by atoms with Gasteiger partial charge in [-0.2, -0.15) is 0 Å². The first kappa shape index (κ1) is 19.4. The lowest BCUT2D eigenvalue weighted by molar-refractivity contribution is -0.139. The Morgan fingerprint density at radius 2 is 1.89 bits per heavy atom. The van der Waals surface area contributed by atoms with Gasteiger partial charge in [0.15, 0.2) is 6.61 Å². The van der Waals surface area contributed by atoms with Crippen LogP contribution in [0.4, 0.5) is 5.69 Å². The van der Waals surface area contributed by atoms with Gasteiger partial charge >= 0.3 is 5.97 Å². The van der Waals surface area contributed by atoms with Gasteiger partial charge < -0.3 is 20.1 Å². The van der Waals surface area contributed by atoms with Crippen LogP contribution in [0.3, 0.4) is 0 Å². The maximum absolute atomic E-state index is 12.7. The molecule has 3 rings (SSSR count). The largest absolute Gasteiger partial charge is 0.482 e. The Bertz CT molecular complexity index is 892. The highest BCUT2D eigenvalue weighted by molar-refractivity contribution is 6.05. The highest BCUT2D eigenvalue weighted by atomic mass is 16.5. The molecule has 0 saturated heterocycles. The number of rotatable bonds is 8. The normalized spacial score (nSPS) is 12.9. The van der Waals surface area contributed by atoms with Gasteiger partial charge in [0, 0.05) is 19.5 Å². The van der Waals surface area contributed by atoms with Crippen molar-refractivity contribution < 1.29 is 24.2 Å². The van der Waals surface area contributed by atoms with Crippen molar-refractivity contribution in [2.24, 2.45) is 5.92 Å². The minimum atomic E-state index is -1.06. The molecule has 2 aromatic carbocycles. The average Bonchev–Trinajstić information content (AvgIpc) is 3.55. The summed E-state index contributed by atoms with van der Waals surface area (Å²) in [4.78, 5) is 37.2. The summed E-state index contributed by atoms with van der Waals surface area (Å²) in [7, 11) is 1.69. The Kier molecular flexibility index (Phi) is 5.93. The van der Waals surface area contributed by atoms with Crippen LogP contribution in [0.1, 0.15) is 28.8 Å². The summed E-state index contributed by atoms with van der Waals surface area (Å²) in [5, 5.41) is 11.5. The van der Waals surface area contributed by atoms with Crippen molar-refractivity contribution in [1.29, 1.82) is 0 Å². The van der Waals surface area contributed by atoms with Crippen molar-refractivity contribution in [3.05, 3.63) is 59.7 Å². The molecule has 146 valence electrons. The molecule has 1 aliphatic carbocycles. The fourth-order valence-electron chi connectivity index (χ4n) is 2.85. The number of anilines is 1. The number of carbonyl (C=O) groups excluding carboxylic acids is 2. The second kappa shape index (κ2) is 8.56. The van der Waals surface area contributed by atoms with Gasteiger partial charge in [-0.3, -0.25) is 9.59 Å². The summed E-state index contributed by atoms with van der Waals surface area (Å²) < 4.78 is 5.15. The van der Waals surface area contributed by atoms with E-state index in [9.17, 15) is 14.4 Å². The number of ether oxygens (including phenoxy) is 1. The predicted octanol–water partition coefficient (Wildman–Crippen LogP) is 2.45. The standard InChI is InChI=1S/C21H22N2O5/c1-23(21(27)15-9-10-15)18-8-3-2-7-17(18)20(26)22-12-14-5-4-6-16(11-14)28-13-19(24)25/h2-8,11,15H,9-10,12-13H2,1H3,(H,22,26)(H,24,25). The Balaban J connectivity index is 1.66. The number of para-hydroxylation sites is 1. The van der Waals surface area contributed by atoms with Crippen LogP contribution in [0.2, 0.25) is 0 Å². The molecule has 0 bridgehead atoms. The Morgan fingerprint density at radius 1 is 1.14 bits per heavy atom. The van der Waals surface area contributed by atoms with E-state index < -0.39 is 12.6 Å². The first-order valence-corrected chi connectivity index (χ1v) is 9.04. The van der Waals surface area contributed by atoms with Crippen molar-refractivity contribution in [3.8, 4) is 5.75 Å². The van der Waals surface area contributed by atoms with Gasteiger partial charge in [0.2, 0.25) is 5.91 Å². The molecule has 1 fully saturated rings. The lowest BCUT2D eigenvalue weighted by Crippen LogP contribution is -2.31. The van der Waals surface area contributed by atoms with E-state index in [2.05, 4.69) is 5.32 Å². The monoisotopic (exact) mass is 382 g/mol. The number of carboxylic acid groups (broad SMARTS) is 1. The molecule has 2 amide bonds. The van der Waals surface area contributed by atoms with Crippen LogP contribution in [-0.2, 0) is 16.1 Å². The van der Waals surface area contributed by atoms with Crippen LogP contribution in [-0.4, -0.2) is 36.5 Å². The fraction of sp³-hybridized carbons (Fsp3) is 0.286. The third kappa shape index (κ3) is 4.88. The summed E-state index contributed by atoms with van der Waals surface area (Å²) in [6.45, 7) is -0.178. The van der Waals surface area contributed by atoms with Gasteiger partial charge in [0.25, 0.3) is 5.91 Å². The number of hydrogen-bond acceptors (Lipinski definition) is 4. The van der Waals surface area contributed by atoms with Crippen molar-refractivity contribution in [2.75, 3.05) is 18.6 Å². The van der Waals surface area contributed by atoms with Crippen LogP contribution in [0, 0.1) is 5.92 Å². The van der Waals surface area contributed by atoms with Crippen LogP contribution in [0.15, 0.2) is 48.5 Å². The second-order valence-electron chi connectivity index (χ2n) is 6.70. The van der Waals surface area contributed by atoms with E-state index in [-0.39, 0.29) is 24.3 Å². The maximum atomic E-state index is 12.7. The number of nitrogens with one attached hydrogen (secondary N) is 1. The molecule has 2 N–H and O–H groups in total. The molecular formula is C21H22N2O5. The van der Waals surface area contributed by atoms with E-state index in [1.165, 1.54) is 0 Å². The quantitative estimate of drug-likeness (QED) is 0.731. The molecule has 0 unspecified atom stereocenters. The molecule has 1 saturated carbocycles. The summed E-state index contributed by atoms with van der Waals surface area (Å²) in [5.74, 6) is -0.828. The minimum Gasteiger partial charge on any atom is -0.482 e. The Hall–Kier alpha value is -3.35. The zero-order chi connectivity index (χ0) is 20.1. The van der Waals surface area contributed by atoms with Crippen molar-refractivity contribution >= 4 is 23.5 Å². The number of aliphatic carboxylic acids is 1. The molecule has 0 aliphatic heterocycles. The highest BCUT2D eigenvalue weighted by Crippen LogP contribution is 2.33. The summed E-state index contributed by atoms with van der Waals surface area (Å²) in [6.07, 6.45) is 1.80. The number of hydrogen-bond donors (Lipinski definition) is 2. The summed E-state index contributed by atoms with van der Waals surface area (Å²) in [6, 6.07) is 13.9. The molecular weight excluding hydrogens is 360 g/mol. The highest BCUT2D eigenvalue weighted by Gasteiger charge is 2.33. The Morgan fingerprint density at radius 3 is 2.61 bits per heavy atom. The average molecular weight is 382 g/mol. The van der Waals surface area contributed by atoms with E-state index in [1.807, 2.05) is 6.07 Å². The van der Waals surface area contributed by atoms with Gasteiger partial charge in [0.05, 0.1) is 11.3 Å². The number of amides is 2. The third-order valence-electron chi connectivity index (χ3n) is 4.48. The zero-order valence-electron chi connectivity index (χ0n) is 15.6. The van der Waals surface area contributed by atoms with Gasteiger partial charge in [0.1, 0.15) is 5.75 Å². The molecule has 7 nitrogen and oxygen atoms in total. The smallest absolute Gasteiger partial charge is 0.341 e. The molecule has 0 atom stereocenters. The van der Waals surface area contributed by atoms with Crippen molar-refractivity contribution in [3.63, 3.8) is 0 Å². The lowest BCUT2D eigenvalue weighted by atomic mass is 10.1. The fourth-order valence-corrected chi connectivity index (χ4v) is 2.85. The van der Waals surface area contributed by atoms with Crippen LogP contribution >= 0.6 is 0 Å². The van der Waals surface area contributed by atoms with Crippen molar-refractivity contribution in [1.82, 2.24) is 5.32 Å². The number of carbonyl (C=O) groups is 3. The molecule has 7 heteroatoms. The van der Waals surface area contributed by atoms with Crippen molar-refractivity contribution in [2.45, 2.75) is 19.4 Å². The van der Waals surface area contributed by atoms with Crippen LogP contribution in [0.5, 0.6) is 5.75 Å². The zero-order valence-corrected chi connectivity index (χ0v) is 15.6. The third-order valence-corrected chi connectivity index (χ3v) is 4.48. The molecule has 0 radical (unpaired) electrons. The SMILES string of the molecule is CN(C(=O)C1CC1)c1ccccc1C(=O)NCc1cccc(OCC(=O)O)c1. The number of carboxylic acids is 1. The summed E-state index contributed by atoms with van der Waals surface area (Å²) in [5.41, 5.74) is 1.78. The Labute approximate surface area is 162 Å². The van der Waals surface area contributed by atoms with Gasteiger partial charge in [-0.15, -0.1) is 0 Å². The maximum Gasteiger partial charge on any atom is 0.341 e. The van der Waals surface area contributed by atoms with Crippen LogP contribution < -0.4 is 15.0 Å². The van der Waals surface area contributed by atoms with E-state index in [0.29, 0.717) is 17.0 Å². The first-order chi connectivity index (χ1) is 13.5. The molecule has 1 aliphatic rings. The molecule has 28 heavy (non-hydrogen) atoms. The van der Waals surface area contributed by atoms with E-state index in [4.69, 9.17) is 9.84 Å². The van der Waals surface area contributed by atoms with Gasteiger partial charge in [-0.25, -0.2) is 4.79 Å². The van der Waals surface area contributed by atoms with Gasteiger partial charge in [-0.1, -0.05) is 24.3 Å². The molecule has 2 aromatic rings. The molecule has 0 heterocycles. The summed E-state index contributed by atoms with van der Waals surface area (Å²) >= 11 is 0. The predicted molar refractivity (Wildman–Crippen MR) is 103 cm³/mol. The van der Waals surface area contributed by atoms with E-state index in [1.54, 1.807) is 54.4 Å². The minimum absolute atomic E-state index is 0.0310. The van der Waals surface area contributed by atoms with E-state index in [0.717, 1.165) is 18.4 Å². The topological polar surface area (TPSA) is 95.9 Å².